The fourth-order valence-electron chi connectivity index (χ4n) is 12.6. The van der Waals surface area contributed by atoms with Crippen LogP contribution in [0.4, 0.5) is 36.2 Å². The number of fused-ring (bicyclic) bond motifs is 2. The first-order valence-corrected chi connectivity index (χ1v) is 35.6. The number of ether oxygens (including phenoxy) is 8. The number of likely N-dealkylation sites (tertiary alicyclic amines) is 2. The quantitative estimate of drug-likeness (QED) is 0.0123. The number of rotatable bonds is 22. The number of anilines is 4. The van der Waals surface area contributed by atoms with Gasteiger partial charge in [0.2, 0.25) is 11.8 Å². The van der Waals surface area contributed by atoms with Gasteiger partial charge in [-0.15, -0.1) is 6.42 Å². The highest BCUT2D eigenvalue weighted by molar-refractivity contribution is 14.1. The van der Waals surface area contributed by atoms with E-state index in [2.05, 4.69) is 71.6 Å². The Morgan fingerprint density at radius 1 is 0.663 bits per heavy atom. The molecule has 5 fully saturated rings. The fourth-order valence-corrected chi connectivity index (χ4v) is 13.6. The van der Waals surface area contributed by atoms with Crippen LogP contribution in [0.25, 0.3) is 22.1 Å². The van der Waals surface area contributed by atoms with Gasteiger partial charge in [-0.05, 0) is 135 Å². The number of amides is 4. The molecule has 33 heteroatoms. The zero-order chi connectivity index (χ0) is 75.9. The summed E-state index contributed by atoms with van der Waals surface area (Å²) in [6, 6.07) is 9.38. The second kappa shape index (κ2) is 37.1. The van der Waals surface area contributed by atoms with E-state index in [1.807, 2.05) is 84.4 Å². The first-order chi connectivity index (χ1) is 49.8. The van der Waals surface area contributed by atoms with E-state index in [-0.39, 0.29) is 87.8 Å². The van der Waals surface area contributed by atoms with Crippen LogP contribution in [-0.4, -0.2) is 210 Å². The predicted molar refractivity (Wildman–Crippen MR) is 403 cm³/mol. The first kappa shape index (κ1) is 81.3. The van der Waals surface area contributed by atoms with E-state index in [1.54, 1.807) is 78.7 Å². The van der Waals surface area contributed by atoms with E-state index in [9.17, 15) is 28.0 Å². The molecule has 5 aliphatic rings. The van der Waals surface area contributed by atoms with Crippen LogP contribution in [-0.2, 0) is 47.5 Å². The highest BCUT2D eigenvalue weighted by Crippen LogP contribution is 2.36. The number of hydrogen-bond acceptors (Lipinski definition) is 20. The van der Waals surface area contributed by atoms with Crippen LogP contribution < -0.4 is 33.2 Å². The van der Waals surface area contributed by atoms with Crippen LogP contribution in [0.3, 0.4) is 0 Å². The van der Waals surface area contributed by atoms with Gasteiger partial charge < -0.3 is 90.0 Å². The Balaban J connectivity index is 0.000000179. The summed E-state index contributed by atoms with van der Waals surface area (Å²) < 4.78 is 92.1. The van der Waals surface area contributed by atoms with Crippen LogP contribution in [0.15, 0.2) is 61.7 Å². The number of aromatic nitrogens is 8. The van der Waals surface area contributed by atoms with Gasteiger partial charge in [0.15, 0.2) is 5.69 Å². The van der Waals surface area contributed by atoms with Crippen LogP contribution in [0.5, 0.6) is 0 Å². The smallest absolute Gasteiger partial charge is 0.279 e. The zero-order valence-corrected chi connectivity index (χ0v) is 64.1. The lowest BCUT2D eigenvalue weighted by atomic mass is 10.1. The van der Waals surface area contributed by atoms with E-state index in [0.29, 0.717) is 146 Å². The zero-order valence-electron chi connectivity index (χ0n) is 59.8. The molecule has 3 aromatic carbocycles. The van der Waals surface area contributed by atoms with Crippen molar-refractivity contribution < 1.29 is 70.2 Å². The van der Waals surface area contributed by atoms with Gasteiger partial charge in [0.05, 0.1) is 141 Å². The standard InChI is InChI=1S/C27H30FN7O4.C16H21N5O3.C11H10FIN2O.C9H10FIN2O.C8H18O3/c1-5-24(36)33-11-17(9-18(33)12-38-4)35-27(30-3)25(26(29)37)21(32-35)7-6-16-8-22-23(10-20(16)28)34(15(2)31-22)19-13-39-14-19;1-5-12-14(15(17)23)16(18-3)21(19-12)10-7-11(9-24-4)20(8-10)13(22)6-2;1-6-14-10-3-9(13)8(12)2-11(10)15(6)7-4-16-5-7;10-6-1-9(8(12)2-7(6)11)13-5-3-14-4-5;1-5-9-8(4,10-6-2)11-7-3/h5,8,10,17-19,30H,1,9,11-14H2,2-4H3,(H2,29,37);1,6,10-11,18H,2,7-9H2,3-4H3,(H2,17,23);2-3,7H,4-5H2,1H3;1-2,5,13H,3-4,12H2;5-7H2,1-4H3/t17-,18+;10-,11+;;;/m00.../s1. The molecule has 5 aliphatic heterocycles. The molecule has 104 heavy (non-hydrogen) atoms. The summed E-state index contributed by atoms with van der Waals surface area (Å²) in [5, 5.41) is 18.0. The summed E-state index contributed by atoms with van der Waals surface area (Å²) >= 11 is 3.90. The number of benzene rings is 3. The molecule has 4 amide bonds. The van der Waals surface area contributed by atoms with Crippen LogP contribution in [0.2, 0.25) is 0 Å². The van der Waals surface area contributed by atoms with E-state index in [1.165, 1.54) is 24.3 Å². The van der Waals surface area contributed by atoms with Gasteiger partial charge in [0, 0.05) is 86.3 Å². The maximum absolute atomic E-state index is 15.2. The molecule has 0 spiro atoms. The van der Waals surface area contributed by atoms with Crippen molar-refractivity contribution in [1.82, 2.24) is 48.5 Å². The van der Waals surface area contributed by atoms with Gasteiger partial charge in [0.1, 0.15) is 57.6 Å². The number of methoxy groups -OCH3 is 2. The number of nitrogens with one attached hydrogen (secondary N) is 3. The number of nitrogens with zero attached hydrogens (tertiary/aromatic N) is 10. The number of nitrogen functional groups attached to an aromatic ring is 1. The molecule has 5 saturated heterocycles. The predicted octanol–water partition coefficient (Wildman–Crippen LogP) is 8.00. The molecule has 0 radical (unpaired) electrons. The van der Waals surface area contributed by atoms with Crippen LogP contribution in [0.1, 0.15) is 114 Å². The van der Waals surface area contributed by atoms with Gasteiger partial charge in [0.25, 0.3) is 17.8 Å². The molecule has 0 saturated carbocycles. The Bertz CT molecular complexity index is 4340. The summed E-state index contributed by atoms with van der Waals surface area (Å²) in [4.78, 5) is 61.1. The third-order valence-corrected chi connectivity index (χ3v) is 19.1. The van der Waals surface area contributed by atoms with Crippen molar-refractivity contribution >= 4 is 114 Å². The molecule has 560 valence electrons. The molecular weight excluding hydrogens is 1580 g/mol. The normalized spacial score (nSPS) is 17.8. The molecule has 12 rings (SSSR count). The highest BCUT2D eigenvalue weighted by Gasteiger charge is 2.40. The maximum Gasteiger partial charge on any atom is 0.279 e. The summed E-state index contributed by atoms with van der Waals surface area (Å²) in [5.41, 5.74) is 21.8. The largest absolute Gasteiger partial charge is 0.397 e. The van der Waals surface area contributed by atoms with Gasteiger partial charge in [-0.2, -0.15) is 10.2 Å². The van der Waals surface area contributed by atoms with Crippen molar-refractivity contribution in [3.05, 3.63) is 126 Å². The average molecular weight is 1670 g/mol. The maximum atomic E-state index is 15.2. The Morgan fingerprint density at radius 2 is 1.10 bits per heavy atom. The minimum atomic E-state index is -0.849. The summed E-state index contributed by atoms with van der Waals surface area (Å²) in [6.45, 7) is 25.6. The Labute approximate surface area is 628 Å². The SMILES string of the molecule is C#Cc1nn([C@H]2C[C@H](COC)N(C(=O)C=C)C2)c(NC)c1C(N)=O.C=CC(=O)N1C[C@@H](n2nc(C#Cc3cc4nc(C)n(C5COC5)c4cc3F)c(C(N)=O)c2NC)C[C@@H]1COC.CCOC(C)(OCC)OCC.Cc1nc2cc(I)c(F)cc2n1C1COC1.Nc1cc(I)c(F)cc1NC1COC1. The summed E-state index contributed by atoms with van der Waals surface area (Å²) in [7, 11) is 6.46. The highest BCUT2D eigenvalue weighted by atomic mass is 127. The number of terminal acetylenes is 1. The Hall–Kier alpha value is -8.37. The van der Waals surface area contributed by atoms with E-state index < -0.39 is 23.6 Å². The Kier molecular flexibility index (Phi) is 29.0. The minimum Gasteiger partial charge on any atom is -0.397 e. The topological polar surface area (TPSA) is 334 Å². The van der Waals surface area contributed by atoms with Gasteiger partial charge in [-0.25, -0.2) is 32.5 Å². The molecule has 28 nitrogen and oxygen atoms in total. The first-order valence-electron chi connectivity index (χ1n) is 33.5. The van der Waals surface area contributed by atoms with Crippen LogP contribution in [0, 0.1) is 62.6 Å². The minimum absolute atomic E-state index is 0.0911. The number of primary amides is 2. The second-order valence-corrected chi connectivity index (χ2v) is 26.8. The van der Waals surface area contributed by atoms with E-state index >= 15 is 4.39 Å². The number of imidazole rings is 2. The number of hydrogen-bond donors (Lipinski definition) is 6. The Morgan fingerprint density at radius 3 is 1.50 bits per heavy atom. The van der Waals surface area contributed by atoms with Crippen molar-refractivity contribution in [2.24, 2.45) is 11.5 Å². The van der Waals surface area contributed by atoms with Crippen LogP contribution >= 0.6 is 45.2 Å². The molecule has 4 aromatic heterocycles. The number of halogens is 5. The van der Waals surface area contributed by atoms with Crippen molar-refractivity contribution in [1.29, 1.82) is 0 Å². The van der Waals surface area contributed by atoms with Crippen molar-refractivity contribution in [3.8, 4) is 24.2 Å². The lowest BCUT2D eigenvalue weighted by Gasteiger charge is -2.28. The third-order valence-electron chi connectivity index (χ3n) is 17.5. The van der Waals surface area contributed by atoms with E-state index in [0.717, 1.165) is 22.7 Å². The monoisotopic (exact) mass is 1670 g/mol. The fraction of sp³-hybridized carbons (Fsp3) is 0.465. The summed E-state index contributed by atoms with van der Waals surface area (Å²) in [5.74, 6) is 6.98. The van der Waals surface area contributed by atoms with E-state index in [4.69, 9.17) is 61.5 Å². The van der Waals surface area contributed by atoms with Crippen molar-refractivity contribution in [2.75, 3.05) is 136 Å². The molecular formula is C71H89F3I2N16O12. The van der Waals surface area contributed by atoms with Gasteiger partial charge in [-0.3, -0.25) is 19.2 Å². The lowest BCUT2D eigenvalue weighted by Crippen LogP contribution is -2.40. The molecule has 0 aliphatic carbocycles. The van der Waals surface area contributed by atoms with Crippen molar-refractivity contribution in [2.45, 2.75) is 103 Å². The lowest BCUT2D eigenvalue weighted by molar-refractivity contribution is -0.365. The van der Waals surface area contributed by atoms with Crippen molar-refractivity contribution in [3.63, 3.8) is 0 Å². The molecule has 9 heterocycles. The molecule has 9 N–H and O–H groups in total. The second-order valence-electron chi connectivity index (χ2n) is 24.5. The molecule has 7 aromatic rings. The molecule has 0 bridgehead atoms. The summed E-state index contributed by atoms with van der Waals surface area (Å²) in [6.07, 6.45) is 9.12. The number of nitrogens with two attached hydrogens (primary N) is 3. The number of carbonyl (C=O) groups is 4. The molecule has 4 atom stereocenters. The van der Waals surface area contributed by atoms with Gasteiger partial charge in [-0.1, -0.05) is 19.1 Å². The number of aryl methyl sites for hydroxylation is 2. The third kappa shape index (κ3) is 18.8. The number of carbonyl (C=O) groups excluding carboxylic acids is 4. The average Bonchev–Trinajstić information content (AvgIpc) is 1.66. The molecule has 0 unspecified atom stereocenters. The van der Waals surface area contributed by atoms with Gasteiger partial charge >= 0.3 is 0 Å².